The molecule has 0 radical (unpaired) electrons. The van der Waals surface area contributed by atoms with E-state index in [2.05, 4.69) is 20.8 Å². The Labute approximate surface area is 546 Å². The van der Waals surface area contributed by atoms with Gasteiger partial charge >= 0.3 is 35.0 Å². The van der Waals surface area contributed by atoms with Crippen molar-refractivity contribution < 1.29 is 28.6 Å². The molecule has 1 aromatic rings. The fourth-order valence-corrected chi connectivity index (χ4v) is 14.0. The fourth-order valence-electron chi connectivity index (χ4n) is 11.3. The zero-order valence-electron chi connectivity index (χ0n) is 57.3. The molecule has 0 saturated carbocycles. The van der Waals surface area contributed by atoms with Crippen LogP contribution < -0.4 is 17.1 Å². The van der Waals surface area contributed by atoms with Gasteiger partial charge in [0.25, 0.3) is 0 Å². The number of esters is 3. The van der Waals surface area contributed by atoms with Crippen LogP contribution in [0.2, 0.25) is 0 Å². The molecule has 87 heavy (non-hydrogen) atoms. The van der Waals surface area contributed by atoms with Crippen molar-refractivity contribution in [3.63, 3.8) is 0 Å². The molecular weight excluding hydrogens is 1150 g/mol. The van der Waals surface area contributed by atoms with Crippen LogP contribution in [0.5, 0.6) is 0 Å². The molecule has 0 fully saturated rings. The molecule has 0 N–H and O–H groups in total. The molecule has 1 rings (SSSR count). The van der Waals surface area contributed by atoms with Gasteiger partial charge in [-0.2, -0.15) is 0 Å². The Morgan fingerprint density at radius 2 is 0.425 bits per heavy atom. The van der Waals surface area contributed by atoms with Crippen LogP contribution in [0.25, 0.3) is 0 Å². The van der Waals surface area contributed by atoms with Crippen LogP contribution in [-0.2, 0) is 48.2 Å². The predicted octanol–water partition coefficient (Wildman–Crippen LogP) is 20.0. The summed E-state index contributed by atoms with van der Waals surface area (Å²) in [7, 11) is 0. The summed E-state index contributed by atoms with van der Waals surface area (Å²) >= 11 is 4.63. The number of rotatable bonds is 66. The summed E-state index contributed by atoms with van der Waals surface area (Å²) in [6.07, 6.45) is 62.8. The molecule has 0 aromatic carbocycles. The van der Waals surface area contributed by atoms with Gasteiger partial charge in [-0.25, -0.2) is 28.1 Å². The van der Waals surface area contributed by atoms with Gasteiger partial charge in [0.2, 0.25) is 0 Å². The second-order valence-corrected chi connectivity index (χ2v) is 29.6. The van der Waals surface area contributed by atoms with Gasteiger partial charge in [0.05, 0.1) is 35.4 Å². The first-order valence-electron chi connectivity index (χ1n) is 36.8. The molecular formula is C72H135N3O9S3. The summed E-state index contributed by atoms with van der Waals surface area (Å²) in [5.41, 5.74) is -2.66. The third kappa shape index (κ3) is 47.4. The van der Waals surface area contributed by atoms with Crippen LogP contribution in [0.1, 0.15) is 350 Å². The first-order valence-corrected chi connectivity index (χ1v) is 39.9. The minimum absolute atomic E-state index is 0.248. The number of ether oxygens (including phenoxy) is 3. The number of hydrogen-bond donors (Lipinski definition) is 0. The van der Waals surface area contributed by atoms with Gasteiger partial charge < -0.3 is 14.2 Å². The SMILES string of the molecule is CCCCCCCCCCCCCCCCCCSC(C)C(=O)OCCn1c(=O)n(CCOC(=O)C(C)SCCCCCCCCCCCCCCCCCC)c(=O)n(CCOC(=O)C(C)SCCCCCCCCCCCCCCCCCC)c1=O. The van der Waals surface area contributed by atoms with E-state index in [1.54, 1.807) is 35.3 Å². The molecule has 12 nitrogen and oxygen atoms in total. The van der Waals surface area contributed by atoms with E-state index in [0.29, 0.717) is 0 Å². The third-order valence-electron chi connectivity index (χ3n) is 17.2. The molecule has 0 aliphatic rings. The highest BCUT2D eigenvalue weighted by Crippen LogP contribution is 2.21. The van der Waals surface area contributed by atoms with Crippen LogP contribution in [0.3, 0.4) is 0 Å². The zero-order valence-corrected chi connectivity index (χ0v) is 59.7. The van der Waals surface area contributed by atoms with Gasteiger partial charge in [0, 0.05) is 0 Å². The van der Waals surface area contributed by atoms with E-state index < -0.39 is 50.7 Å². The lowest BCUT2D eigenvalue weighted by molar-refractivity contribution is -0.143. The van der Waals surface area contributed by atoms with Crippen LogP contribution in [-0.4, -0.2) is 84.4 Å². The van der Waals surface area contributed by atoms with E-state index in [1.165, 1.54) is 270 Å². The average molecular weight is 1280 g/mol. The van der Waals surface area contributed by atoms with Gasteiger partial charge in [-0.15, -0.1) is 35.3 Å². The number of unbranched alkanes of at least 4 members (excludes halogenated alkanes) is 45. The lowest BCUT2D eigenvalue weighted by Crippen LogP contribution is -2.55. The largest absolute Gasteiger partial charge is 0.463 e. The highest BCUT2D eigenvalue weighted by Gasteiger charge is 2.21. The Morgan fingerprint density at radius 1 is 0.276 bits per heavy atom. The molecule has 3 unspecified atom stereocenters. The van der Waals surface area contributed by atoms with Gasteiger partial charge in [-0.1, -0.05) is 310 Å². The Balaban J connectivity index is 2.64. The van der Waals surface area contributed by atoms with Crippen molar-refractivity contribution in [2.75, 3.05) is 37.1 Å². The maximum absolute atomic E-state index is 13.9. The maximum Gasteiger partial charge on any atom is 0.336 e. The summed E-state index contributed by atoms with van der Waals surface area (Å²) in [5, 5.41) is -1.26. The van der Waals surface area contributed by atoms with E-state index in [0.717, 1.165) is 69.5 Å². The third-order valence-corrected chi connectivity index (χ3v) is 20.8. The molecule has 1 heterocycles. The van der Waals surface area contributed by atoms with Crippen molar-refractivity contribution in [2.24, 2.45) is 0 Å². The molecule has 0 saturated heterocycles. The molecule has 0 bridgehead atoms. The summed E-state index contributed by atoms with van der Waals surface area (Å²) in [5.74, 6) is 1.23. The van der Waals surface area contributed by atoms with Gasteiger partial charge in [0.15, 0.2) is 0 Å². The van der Waals surface area contributed by atoms with Crippen LogP contribution in [0.4, 0.5) is 0 Å². The molecule has 0 spiro atoms. The monoisotopic (exact) mass is 1280 g/mol. The lowest BCUT2D eigenvalue weighted by Gasteiger charge is -2.16. The number of thioether (sulfide) groups is 3. The topological polar surface area (TPSA) is 145 Å². The van der Waals surface area contributed by atoms with E-state index in [-0.39, 0.29) is 39.5 Å². The van der Waals surface area contributed by atoms with E-state index in [9.17, 15) is 28.8 Å². The highest BCUT2D eigenvalue weighted by atomic mass is 32.2. The summed E-state index contributed by atoms with van der Waals surface area (Å²) in [4.78, 5) is 80.8. The van der Waals surface area contributed by atoms with Crippen molar-refractivity contribution in [1.82, 2.24) is 13.7 Å². The van der Waals surface area contributed by atoms with Crippen LogP contribution in [0, 0.1) is 0 Å². The standard InChI is InChI=1S/C72H135N3O9S3/c1-7-10-13-16-19-22-25-28-31-34-37-40-43-46-49-52-61-85-64(4)67(76)82-58-55-73-70(79)74(56-59-83-68(77)65(5)86-62-53-50-47-44-41-38-35-32-29-26-23-20-17-14-11-8-2)72(81)75(71(73)80)57-60-84-69(78)66(6)87-63-54-51-48-45-42-39-36-33-30-27-24-21-18-15-12-9-3/h64-66H,7-63H2,1-6H3. The van der Waals surface area contributed by atoms with Crippen LogP contribution >= 0.6 is 35.3 Å². The Morgan fingerprint density at radius 3 is 0.586 bits per heavy atom. The Kier molecular flexibility index (Phi) is 58.5. The summed E-state index contributed by atoms with van der Waals surface area (Å²) < 4.78 is 19.4. The average Bonchev–Trinajstić information content (AvgIpc) is 1.90. The smallest absolute Gasteiger partial charge is 0.336 e. The number of carbonyl (C=O) groups excluding carboxylic acids is 3. The summed E-state index contributed by atoms with van der Waals surface area (Å²) in [6, 6.07) is 0. The van der Waals surface area contributed by atoms with Crippen molar-refractivity contribution in [1.29, 1.82) is 0 Å². The molecule has 0 aliphatic carbocycles. The number of hydrogen-bond acceptors (Lipinski definition) is 12. The second-order valence-electron chi connectivity index (χ2n) is 25.3. The molecule has 3 atom stereocenters. The lowest BCUT2D eigenvalue weighted by atomic mass is 10.0. The van der Waals surface area contributed by atoms with E-state index >= 15 is 0 Å². The Bertz CT molecular complexity index is 1700. The predicted molar refractivity (Wildman–Crippen MR) is 376 cm³/mol. The fraction of sp³-hybridized carbons (Fsp3) is 0.917. The number of carbonyl (C=O) groups is 3. The molecule has 0 amide bonds. The van der Waals surface area contributed by atoms with E-state index in [1.807, 2.05) is 20.8 Å². The van der Waals surface area contributed by atoms with E-state index in [4.69, 9.17) is 14.2 Å². The van der Waals surface area contributed by atoms with Crippen LogP contribution in [0.15, 0.2) is 14.4 Å². The first kappa shape index (κ1) is 82.9. The first-order chi connectivity index (χ1) is 42.5. The van der Waals surface area contributed by atoms with Crippen molar-refractivity contribution in [3.05, 3.63) is 31.5 Å². The van der Waals surface area contributed by atoms with Gasteiger partial charge in [0.1, 0.15) is 19.8 Å². The second kappa shape index (κ2) is 61.4. The minimum Gasteiger partial charge on any atom is -0.463 e. The van der Waals surface area contributed by atoms with Crippen molar-refractivity contribution >= 4 is 53.2 Å². The number of aromatic nitrogens is 3. The quantitative estimate of drug-likeness (QED) is 0.0348. The molecule has 1 aromatic heterocycles. The van der Waals surface area contributed by atoms with Crippen molar-refractivity contribution in [3.8, 4) is 0 Å². The molecule has 510 valence electrons. The van der Waals surface area contributed by atoms with Crippen molar-refractivity contribution in [2.45, 2.75) is 385 Å². The summed E-state index contributed by atoms with van der Waals surface area (Å²) in [6.45, 7) is 10.7. The maximum atomic E-state index is 13.9. The normalized spacial score (nSPS) is 12.6. The molecule has 0 aliphatic heterocycles. The van der Waals surface area contributed by atoms with Gasteiger partial charge in [-0.3, -0.25) is 14.4 Å². The Hall–Kier alpha value is -2.13. The minimum atomic E-state index is -0.888. The zero-order chi connectivity index (χ0) is 63.5. The molecule has 15 heteroatoms. The number of nitrogens with zero attached hydrogens (tertiary/aromatic N) is 3. The highest BCUT2D eigenvalue weighted by molar-refractivity contribution is 8.01. The van der Waals surface area contributed by atoms with Gasteiger partial charge in [-0.05, 0) is 57.3 Å².